The molecule has 0 spiro atoms. The minimum atomic E-state index is -0.340. The van der Waals surface area contributed by atoms with Gasteiger partial charge in [0, 0.05) is 12.1 Å². The van der Waals surface area contributed by atoms with Gasteiger partial charge in [-0.1, -0.05) is 6.42 Å². The molecule has 1 heterocycles. The van der Waals surface area contributed by atoms with Gasteiger partial charge in [0.05, 0.1) is 25.4 Å². The van der Waals surface area contributed by atoms with Crippen molar-refractivity contribution in [3.63, 3.8) is 0 Å². The van der Waals surface area contributed by atoms with Crippen molar-refractivity contribution in [2.75, 3.05) is 13.2 Å². The fourth-order valence-electron chi connectivity index (χ4n) is 2.38. The average molecular weight is 200 g/mol. The molecule has 0 aromatic carbocycles. The second-order valence-electron chi connectivity index (χ2n) is 4.50. The molecule has 2 aliphatic rings. The van der Waals surface area contributed by atoms with E-state index in [9.17, 15) is 5.11 Å². The normalized spacial score (nSPS) is 44.1. The van der Waals surface area contributed by atoms with Crippen molar-refractivity contribution in [3.8, 4) is 0 Å². The van der Waals surface area contributed by atoms with E-state index in [0.717, 1.165) is 12.8 Å². The predicted molar refractivity (Wildman–Crippen MR) is 54.0 cm³/mol. The molecule has 0 amide bonds. The first-order valence-electron chi connectivity index (χ1n) is 5.53. The number of hydrogen-bond acceptors (Lipinski definition) is 4. The number of rotatable bonds is 2. The van der Waals surface area contributed by atoms with Gasteiger partial charge in [-0.05, 0) is 19.3 Å². The van der Waals surface area contributed by atoms with Gasteiger partial charge in [0.1, 0.15) is 0 Å². The minimum absolute atomic E-state index is 0.116. The smallest absolute Gasteiger partial charge is 0.0948 e. The van der Waals surface area contributed by atoms with Crippen LogP contribution in [0.15, 0.2) is 0 Å². The Morgan fingerprint density at radius 2 is 2.14 bits per heavy atom. The number of aliphatic hydroxyl groups excluding tert-OH is 1. The van der Waals surface area contributed by atoms with Crippen molar-refractivity contribution in [3.05, 3.63) is 0 Å². The summed E-state index contributed by atoms with van der Waals surface area (Å²) in [5.74, 6) is 0. The van der Waals surface area contributed by atoms with E-state index in [1.54, 1.807) is 0 Å². The summed E-state index contributed by atoms with van der Waals surface area (Å²) in [6.07, 6.45) is 4.21. The summed E-state index contributed by atoms with van der Waals surface area (Å²) in [6.45, 7) is 1.10. The zero-order valence-corrected chi connectivity index (χ0v) is 8.48. The van der Waals surface area contributed by atoms with Crippen molar-refractivity contribution >= 4 is 0 Å². The van der Waals surface area contributed by atoms with E-state index in [-0.39, 0.29) is 12.1 Å². The number of hydrogen-bond donors (Lipinski definition) is 3. The Bertz CT molecular complexity index is 189. The lowest BCUT2D eigenvalue weighted by Gasteiger charge is -2.30. The Balaban J connectivity index is 1.78. The van der Waals surface area contributed by atoms with Crippen LogP contribution in [0.5, 0.6) is 0 Å². The summed E-state index contributed by atoms with van der Waals surface area (Å²) >= 11 is 0. The van der Waals surface area contributed by atoms with Crippen LogP contribution in [0.1, 0.15) is 25.7 Å². The highest BCUT2D eigenvalue weighted by Gasteiger charge is 2.29. The van der Waals surface area contributed by atoms with E-state index >= 15 is 0 Å². The van der Waals surface area contributed by atoms with E-state index in [1.165, 1.54) is 12.8 Å². The Labute approximate surface area is 84.8 Å². The van der Waals surface area contributed by atoms with Crippen LogP contribution in [0.3, 0.4) is 0 Å². The molecule has 1 aliphatic heterocycles. The molecule has 2 unspecified atom stereocenters. The Hall–Kier alpha value is -0.160. The van der Waals surface area contributed by atoms with Crippen molar-refractivity contribution in [1.82, 2.24) is 5.32 Å². The minimum Gasteiger partial charge on any atom is -0.389 e. The third-order valence-electron chi connectivity index (χ3n) is 3.22. The van der Waals surface area contributed by atoms with Crippen molar-refractivity contribution in [2.24, 2.45) is 5.73 Å². The maximum atomic E-state index is 9.57. The van der Waals surface area contributed by atoms with Gasteiger partial charge in [-0.15, -0.1) is 0 Å². The van der Waals surface area contributed by atoms with E-state index in [2.05, 4.69) is 5.32 Å². The third-order valence-corrected chi connectivity index (χ3v) is 3.22. The summed E-state index contributed by atoms with van der Waals surface area (Å²) < 4.78 is 5.19. The highest BCUT2D eigenvalue weighted by molar-refractivity contribution is 4.87. The third kappa shape index (κ3) is 2.45. The zero-order chi connectivity index (χ0) is 9.97. The SMILES string of the molecule is NC1CCCC(N[C@@H]2COC[C@H]2O)C1. The fourth-order valence-corrected chi connectivity index (χ4v) is 2.38. The topological polar surface area (TPSA) is 67.5 Å². The summed E-state index contributed by atoms with van der Waals surface area (Å²) in [4.78, 5) is 0. The molecule has 1 saturated heterocycles. The van der Waals surface area contributed by atoms with Crippen molar-refractivity contribution in [2.45, 2.75) is 49.9 Å². The van der Waals surface area contributed by atoms with E-state index in [1.807, 2.05) is 0 Å². The number of nitrogens with one attached hydrogen (secondary N) is 1. The molecule has 4 atom stereocenters. The van der Waals surface area contributed by atoms with E-state index in [0.29, 0.717) is 25.3 Å². The van der Waals surface area contributed by atoms with Crippen LogP contribution in [0.4, 0.5) is 0 Å². The largest absolute Gasteiger partial charge is 0.389 e. The first-order valence-corrected chi connectivity index (χ1v) is 5.53. The monoisotopic (exact) mass is 200 g/mol. The van der Waals surface area contributed by atoms with E-state index < -0.39 is 0 Å². The van der Waals surface area contributed by atoms with Crippen molar-refractivity contribution in [1.29, 1.82) is 0 Å². The summed E-state index contributed by atoms with van der Waals surface area (Å²) in [5, 5.41) is 13.0. The summed E-state index contributed by atoms with van der Waals surface area (Å²) in [7, 11) is 0. The molecule has 1 saturated carbocycles. The van der Waals surface area contributed by atoms with Crippen LogP contribution in [0.2, 0.25) is 0 Å². The van der Waals surface area contributed by atoms with Crippen LogP contribution < -0.4 is 11.1 Å². The lowest BCUT2D eigenvalue weighted by Crippen LogP contribution is -2.48. The maximum absolute atomic E-state index is 9.57. The van der Waals surface area contributed by atoms with Gasteiger partial charge < -0.3 is 20.9 Å². The summed E-state index contributed by atoms with van der Waals surface area (Å²) in [6, 6.07) is 0.922. The lowest BCUT2D eigenvalue weighted by molar-refractivity contribution is 0.120. The molecular weight excluding hydrogens is 180 g/mol. The maximum Gasteiger partial charge on any atom is 0.0948 e. The van der Waals surface area contributed by atoms with Gasteiger partial charge in [0.2, 0.25) is 0 Å². The Kier molecular flexibility index (Phi) is 3.38. The van der Waals surface area contributed by atoms with Gasteiger partial charge in [-0.2, -0.15) is 0 Å². The summed E-state index contributed by atoms with van der Waals surface area (Å²) in [5.41, 5.74) is 5.90. The number of aliphatic hydroxyl groups is 1. The lowest BCUT2D eigenvalue weighted by atomic mass is 9.91. The molecule has 4 heteroatoms. The van der Waals surface area contributed by atoms with Crippen LogP contribution in [0.25, 0.3) is 0 Å². The van der Waals surface area contributed by atoms with Crippen molar-refractivity contribution < 1.29 is 9.84 Å². The van der Waals surface area contributed by atoms with Gasteiger partial charge in [0.15, 0.2) is 0 Å². The molecule has 0 aromatic rings. The molecule has 82 valence electrons. The second-order valence-corrected chi connectivity index (χ2v) is 4.50. The Morgan fingerprint density at radius 1 is 1.29 bits per heavy atom. The van der Waals surface area contributed by atoms with Gasteiger partial charge >= 0.3 is 0 Å². The first-order chi connectivity index (χ1) is 6.75. The average Bonchev–Trinajstić information content (AvgIpc) is 2.52. The van der Waals surface area contributed by atoms with Gasteiger partial charge in [-0.3, -0.25) is 0 Å². The number of ether oxygens (including phenoxy) is 1. The molecule has 2 fully saturated rings. The van der Waals surface area contributed by atoms with Crippen LogP contribution in [-0.4, -0.2) is 42.5 Å². The molecule has 1 aliphatic carbocycles. The van der Waals surface area contributed by atoms with E-state index in [4.69, 9.17) is 10.5 Å². The first kappa shape index (κ1) is 10.4. The van der Waals surface area contributed by atoms with Gasteiger partial charge in [0.25, 0.3) is 0 Å². The fraction of sp³-hybridized carbons (Fsp3) is 1.00. The quantitative estimate of drug-likeness (QED) is 0.567. The zero-order valence-electron chi connectivity index (χ0n) is 8.48. The molecule has 4 N–H and O–H groups in total. The van der Waals surface area contributed by atoms with Crippen LogP contribution in [0, 0.1) is 0 Å². The second kappa shape index (κ2) is 4.57. The molecule has 2 rings (SSSR count). The molecule has 0 radical (unpaired) electrons. The Morgan fingerprint density at radius 3 is 2.79 bits per heavy atom. The number of nitrogens with two attached hydrogens (primary N) is 1. The molecule has 4 nitrogen and oxygen atoms in total. The molecule has 14 heavy (non-hydrogen) atoms. The molecule has 0 aromatic heterocycles. The molecular formula is C10H20N2O2. The van der Waals surface area contributed by atoms with Gasteiger partial charge in [-0.25, -0.2) is 0 Å². The molecule has 0 bridgehead atoms. The van der Waals surface area contributed by atoms with Crippen LogP contribution in [-0.2, 0) is 4.74 Å². The standard InChI is InChI=1S/C10H20N2O2/c11-7-2-1-3-8(4-7)12-9-5-14-6-10(9)13/h7-10,12-13H,1-6,11H2/t7?,8?,9-,10-/m1/s1. The van der Waals surface area contributed by atoms with Crippen LogP contribution >= 0.6 is 0 Å². The predicted octanol–water partition coefficient (Wildman–Crippen LogP) is -0.394. The highest BCUT2D eigenvalue weighted by Crippen LogP contribution is 2.18. The highest BCUT2D eigenvalue weighted by atomic mass is 16.5.